The van der Waals surface area contributed by atoms with Gasteiger partial charge in [0.1, 0.15) is 5.82 Å². The van der Waals surface area contributed by atoms with E-state index in [0.717, 1.165) is 10.0 Å². The van der Waals surface area contributed by atoms with Gasteiger partial charge in [-0.25, -0.2) is 4.39 Å². The maximum Gasteiger partial charge on any atom is 0.135 e. The number of benzene rings is 2. The number of halogens is 2. The molecule has 0 nitrogen and oxygen atoms in total. The molecule has 0 aliphatic rings. The van der Waals surface area contributed by atoms with Crippen molar-refractivity contribution in [2.24, 2.45) is 0 Å². The van der Waals surface area contributed by atoms with Crippen LogP contribution in [0.3, 0.4) is 0 Å². The van der Waals surface area contributed by atoms with Gasteiger partial charge in [0.15, 0.2) is 0 Å². The molecule has 2 heteroatoms. The molecule has 0 aliphatic heterocycles. The van der Waals surface area contributed by atoms with Crippen LogP contribution in [-0.2, 0) is 0 Å². The Labute approximate surface area is 96.9 Å². The second kappa shape index (κ2) is 4.15. The first-order valence-corrected chi connectivity index (χ1v) is 5.49. The van der Waals surface area contributed by atoms with Crippen LogP contribution in [0.4, 0.5) is 4.39 Å². The van der Waals surface area contributed by atoms with E-state index in [2.05, 4.69) is 15.9 Å². The van der Waals surface area contributed by atoms with Crippen LogP contribution in [0.25, 0.3) is 11.1 Å². The summed E-state index contributed by atoms with van der Waals surface area (Å²) in [5.74, 6) is -0.157. The summed E-state index contributed by atoms with van der Waals surface area (Å²) in [7, 11) is 0. The highest BCUT2D eigenvalue weighted by molar-refractivity contribution is 9.10. The molecule has 0 amide bonds. The van der Waals surface area contributed by atoms with Gasteiger partial charge in [-0.3, -0.25) is 0 Å². The van der Waals surface area contributed by atoms with E-state index in [-0.39, 0.29) is 5.82 Å². The van der Waals surface area contributed by atoms with E-state index >= 15 is 0 Å². The molecule has 0 N–H and O–H groups in total. The van der Waals surface area contributed by atoms with Gasteiger partial charge in [0.2, 0.25) is 0 Å². The van der Waals surface area contributed by atoms with E-state index in [9.17, 15) is 4.39 Å². The molecule has 0 bridgehead atoms. The van der Waals surface area contributed by atoms with Crippen LogP contribution in [-0.4, -0.2) is 0 Å². The molecular formula is C13H10BrF. The standard InChI is InChI=1S/C13H10BrF/c1-9-7-8-11(14)12(13(9)15)10-5-3-2-4-6-10/h2-8H,1H3. The fourth-order valence-corrected chi connectivity index (χ4v) is 2.06. The molecule has 15 heavy (non-hydrogen) atoms. The summed E-state index contributed by atoms with van der Waals surface area (Å²) in [6, 6.07) is 13.2. The summed E-state index contributed by atoms with van der Waals surface area (Å²) in [5, 5.41) is 0. The molecule has 0 saturated carbocycles. The maximum atomic E-state index is 13.9. The third-order valence-electron chi connectivity index (χ3n) is 2.35. The summed E-state index contributed by atoms with van der Waals surface area (Å²) < 4.78 is 14.7. The minimum atomic E-state index is -0.157. The Kier molecular flexibility index (Phi) is 2.87. The molecule has 2 aromatic carbocycles. The molecule has 76 valence electrons. The van der Waals surface area contributed by atoms with Crippen molar-refractivity contribution in [2.45, 2.75) is 6.92 Å². The lowest BCUT2D eigenvalue weighted by atomic mass is 10.0. The highest BCUT2D eigenvalue weighted by atomic mass is 79.9. The van der Waals surface area contributed by atoms with E-state index in [1.807, 2.05) is 36.4 Å². The van der Waals surface area contributed by atoms with Crippen LogP contribution in [0.5, 0.6) is 0 Å². The highest BCUT2D eigenvalue weighted by Crippen LogP contribution is 2.32. The Morgan fingerprint density at radius 1 is 1.00 bits per heavy atom. The zero-order valence-corrected chi connectivity index (χ0v) is 9.88. The molecule has 0 heterocycles. The summed E-state index contributed by atoms with van der Waals surface area (Å²) >= 11 is 3.38. The molecule has 0 spiro atoms. The van der Waals surface area contributed by atoms with Crippen molar-refractivity contribution in [3.05, 3.63) is 58.3 Å². The van der Waals surface area contributed by atoms with Crippen LogP contribution in [0.1, 0.15) is 5.56 Å². The fraction of sp³-hybridized carbons (Fsp3) is 0.0769. The van der Waals surface area contributed by atoms with Gasteiger partial charge in [-0.05, 0) is 24.1 Å². The molecule has 2 rings (SSSR count). The molecule has 2 aromatic rings. The zero-order chi connectivity index (χ0) is 10.8. The zero-order valence-electron chi connectivity index (χ0n) is 8.30. The lowest BCUT2D eigenvalue weighted by Crippen LogP contribution is -1.89. The van der Waals surface area contributed by atoms with E-state index in [0.29, 0.717) is 11.1 Å². The van der Waals surface area contributed by atoms with Crippen LogP contribution < -0.4 is 0 Å². The summed E-state index contributed by atoms with van der Waals surface area (Å²) in [6.07, 6.45) is 0. The van der Waals surface area contributed by atoms with E-state index in [1.165, 1.54) is 0 Å². The van der Waals surface area contributed by atoms with Gasteiger partial charge in [-0.2, -0.15) is 0 Å². The SMILES string of the molecule is Cc1ccc(Br)c(-c2ccccc2)c1F. The van der Waals surface area contributed by atoms with Gasteiger partial charge in [-0.15, -0.1) is 0 Å². The minimum Gasteiger partial charge on any atom is -0.206 e. The average molecular weight is 265 g/mol. The van der Waals surface area contributed by atoms with E-state index in [1.54, 1.807) is 13.0 Å². The topological polar surface area (TPSA) is 0 Å². The summed E-state index contributed by atoms with van der Waals surface area (Å²) in [6.45, 7) is 1.77. The minimum absolute atomic E-state index is 0.157. The van der Waals surface area contributed by atoms with Crippen molar-refractivity contribution in [3.63, 3.8) is 0 Å². The van der Waals surface area contributed by atoms with Crippen LogP contribution >= 0.6 is 15.9 Å². The number of rotatable bonds is 1. The van der Waals surface area contributed by atoms with E-state index < -0.39 is 0 Å². The first-order chi connectivity index (χ1) is 7.20. The molecule has 0 saturated heterocycles. The second-order valence-corrected chi connectivity index (χ2v) is 4.27. The normalized spacial score (nSPS) is 10.3. The lowest BCUT2D eigenvalue weighted by Gasteiger charge is -2.08. The van der Waals surface area contributed by atoms with E-state index in [4.69, 9.17) is 0 Å². The quantitative estimate of drug-likeness (QED) is 0.708. The van der Waals surface area contributed by atoms with Crippen LogP contribution in [0.2, 0.25) is 0 Å². The third-order valence-corrected chi connectivity index (χ3v) is 3.01. The Morgan fingerprint density at radius 3 is 2.33 bits per heavy atom. The molecule has 0 fully saturated rings. The molecule has 0 unspecified atom stereocenters. The first-order valence-electron chi connectivity index (χ1n) is 4.70. The van der Waals surface area contributed by atoms with Gasteiger partial charge in [-0.1, -0.05) is 52.3 Å². The van der Waals surface area contributed by atoms with Crippen molar-refractivity contribution < 1.29 is 4.39 Å². The van der Waals surface area contributed by atoms with Gasteiger partial charge < -0.3 is 0 Å². The summed E-state index contributed by atoms with van der Waals surface area (Å²) in [5.41, 5.74) is 2.19. The van der Waals surface area contributed by atoms with Crippen molar-refractivity contribution in [3.8, 4) is 11.1 Å². The predicted octanol–water partition coefficient (Wildman–Crippen LogP) is 4.56. The molecule has 0 aliphatic carbocycles. The Morgan fingerprint density at radius 2 is 1.67 bits per heavy atom. The van der Waals surface area contributed by atoms with Crippen molar-refractivity contribution in [2.75, 3.05) is 0 Å². The average Bonchev–Trinajstić information content (AvgIpc) is 2.26. The molecular weight excluding hydrogens is 255 g/mol. The Hall–Kier alpha value is -1.15. The number of hydrogen-bond donors (Lipinski definition) is 0. The smallest absolute Gasteiger partial charge is 0.135 e. The molecule has 0 radical (unpaired) electrons. The lowest BCUT2D eigenvalue weighted by molar-refractivity contribution is 0.621. The van der Waals surface area contributed by atoms with Gasteiger partial charge in [0.05, 0.1) is 0 Å². The maximum absolute atomic E-state index is 13.9. The van der Waals surface area contributed by atoms with Crippen molar-refractivity contribution in [1.29, 1.82) is 0 Å². The summed E-state index contributed by atoms with van der Waals surface area (Å²) in [4.78, 5) is 0. The first kappa shape index (κ1) is 10.4. The van der Waals surface area contributed by atoms with Crippen molar-refractivity contribution in [1.82, 2.24) is 0 Å². The van der Waals surface area contributed by atoms with Crippen LogP contribution in [0.15, 0.2) is 46.9 Å². The largest absolute Gasteiger partial charge is 0.206 e. The van der Waals surface area contributed by atoms with Crippen LogP contribution in [0, 0.1) is 12.7 Å². The molecule has 0 atom stereocenters. The monoisotopic (exact) mass is 264 g/mol. The van der Waals surface area contributed by atoms with Gasteiger partial charge in [0, 0.05) is 10.0 Å². The Balaban J connectivity index is 2.68. The highest BCUT2D eigenvalue weighted by Gasteiger charge is 2.10. The third kappa shape index (κ3) is 1.95. The number of hydrogen-bond acceptors (Lipinski definition) is 0. The van der Waals surface area contributed by atoms with Crippen molar-refractivity contribution >= 4 is 15.9 Å². The van der Waals surface area contributed by atoms with Gasteiger partial charge in [0.25, 0.3) is 0 Å². The predicted molar refractivity (Wildman–Crippen MR) is 64.3 cm³/mol. The second-order valence-electron chi connectivity index (χ2n) is 3.42. The van der Waals surface area contributed by atoms with Gasteiger partial charge >= 0.3 is 0 Å². The fourth-order valence-electron chi connectivity index (χ4n) is 1.53. The number of aryl methyl sites for hydroxylation is 1. The molecule has 0 aromatic heterocycles. The Bertz CT molecular complexity index is 477.